The van der Waals surface area contributed by atoms with Crippen LogP contribution in [0.2, 0.25) is 0 Å². The Balaban J connectivity index is 1.52. The summed E-state index contributed by atoms with van der Waals surface area (Å²) in [6.45, 7) is 2.01. The van der Waals surface area contributed by atoms with Gasteiger partial charge < -0.3 is 4.52 Å². The van der Waals surface area contributed by atoms with Crippen molar-refractivity contribution in [3.8, 4) is 5.75 Å². The van der Waals surface area contributed by atoms with Crippen LogP contribution in [-0.4, -0.2) is 20.3 Å². The number of hydrogen-bond donors (Lipinski definition) is 2. The van der Waals surface area contributed by atoms with Gasteiger partial charge in [-0.25, -0.2) is 14.3 Å². The summed E-state index contributed by atoms with van der Waals surface area (Å²) in [4.78, 5) is 29.7. The summed E-state index contributed by atoms with van der Waals surface area (Å²) in [6, 6.07) is 6.80. The molecule has 0 amide bonds. The molecule has 5 aliphatic rings. The third kappa shape index (κ3) is 2.30. The Morgan fingerprint density at radius 3 is 2.42 bits per heavy atom. The zero-order chi connectivity index (χ0) is 18.4. The third-order valence-electron chi connectivity index (χ3n) is 7.03. The molecule has 1 heterocycles. The lowest BCUT2D eigenvalue weighted by Crippen LogP contribution is -2.76. The summed E-state index contributed by atoms with van der Waals surface area (Å²) >= 11 is 6.87. The van der Waals surface area contributed by atoms with Gasteiger partial charge in [-0.15, -0.1) is 11.6 Å². The fourth-order valence-corrected chi connectivity index (χ4v) is 7.29. The molecule has 4 aliphatic carbocycles. The molecule has 4 saturated carbocycles. The van der Waals surface area contributed by atoms with Crippen LogP contribution in [0.4, 0.5) is 0 Å². The highest BCUT2D eigenvalue weighted by Crippen LogP contribution is 2.71. The minimum atomic E-state index is -4.61. The molecule has 0 aromatic heterocycles. The molecule has 2 N–H and O–H groups in total. The molecular formula is C18H22ClO6P. The number of benzene rings is 1. The smallest absolute Gasteiger partial charge is 0.404 e. The number of phosphoric acid groups is 1. The number of hydrogen-bond acceptors (Lipinski definition) is 4. The van der Waals surface area contributed by atoms with Gasteiger partial charge in [0.2, 0.25) is 0 Å². The van der Waals surface area contributed by atoms with Gasteiger partial charge in [0.1, 0.15) is 11.4 Å². The van der Waals surface area contributed by atoms with Crippen molar-refractivity contribution in [1.82, 2.24) is 0 Å². The highest BCUT2D eigenvalue weighted by Gasteiger charge is 2.75. The van der Waals surface area contributed by atoms with E-state index in [-0.39, 0.29) is 10.6 Å². The first-order chi connectivity index (χ1) is 12.1. The predicted octanol–water partition coefficient (Wildman–Crippen LogP) is 3.89. The van der Waals surface area contributed by atoms with E-state index in [9.17, 15) is 4.57 Å². The SMILES string of the molecule is CC1(c2cccc(OP(=O)(O)O)c2)OOC12C1CC3CC2CC(Cl)(C3)C1. The first kappa shape index (κ1) is 17.5. The van der Waals surface area contributed by atoms with Crippen molar-refractivity contribution in [1.29, 1.82) is 0 Å². The Bertz CT molecular complexity index is 793. The largest absolute Gasteiger partial charge is 0.524 e. The number of halogens is 1. The molecule has 3 atom stereocenters. The first-order valence-electron chi connectivity index (χ1n) is 9.05. The lowest BCUT2D eigenvalue weighted by Gasteiger charge is -2.70. The summed E-state index contributed by atoms with van der Waals surface area (Å²) in [5, 5.41) is 0. The molecule has 142 valence electrons. The molecule has 6 rings (SSSR count). The van der Waals surface area contributed by atoms with E-state index in [0.29, 0.717) is 17.8 Å². The maximum absolute atomic E-state index is 11.2. The third-order valence-corrected chi connectivity index (χ3v) is 7.94. The minimum absolute atomic E-state index is 0.104. The van der Waals surface area contributed by atoms with Crippen LogP contribution < -0.4 is 4.52 Å². The first-order valence-corrected chi connectivity index (χ1v) is 11.0. The van der Waals surface area contributed by atoms with Crippen LogP contribution in [0, 0.1) is 17.8 Å². The second-order valence-corrected chi connectivity index (χ2v) is 10.6. The van der Waals surface area contributed by atoms with Gasteiger partial charge in [-0.2, -0.15) is 0 Å². The summed E-state index contributed by atoms with van der Waals surface area (Å²) in [7, 11) is -4.61. The van der Waals surface area contributed by atoms with Gasteiger partial charge in [-0.1, -0.05) is 12.1 Å². The van der Waals surface area contributed by atoms with Crippen LogP contribution in [0.1, 0.15) is 44.6 Å². The number of phosphoric ester groups is 1. The molecule has 1 aromatic rings. The van der Waals surface area contributed by atoms with Gasteiger partial charge in [0.25, 0.3) is 0 Å². The second-order valence-electron chi connectivity index (χ2n) is 8.60. The van der Waals surface area contributed by atoms with Crippen molar-refractivity contribution in [2.45, 2.75) is 55.1 Å². The van der Waals surface area contributed by atoms with Gasteiger partial charge in [-0.05, 0) is 74.5 Å². The average Bonchev–Trinajstić information content (AvgIpc) is 2.50. The maximum Gasteiger partial charge on any atom is 0.524 e. The summed E-state index contributed by atoms with van der Waals surface area (Å²) in [5.41, 5.74) is -0.300. The van der Waals surface area contributed by atoms with Crippen LogP contribution in [0.25, 0.3) is 0 Å². The van der Waals surface area contributed by atoms with E-state index in [1.165, 1.54) is 6.07 Å². The lowest BCUT2D eigenvalue weighted by atomic mass is 9.45. The molecule has 26 heavy (non-hydrogen) atoms. The van der Waals surface area contributed by atoms with E-state index in [0.717, 1.165) is 37.7 Å². The number of alkyl halides is 1. The zero-order valence-electron chi connectivity index (χ0n) is 14.4. The van der Waals surface area contributed by atoms with E-state index in [1.54, 1.807) is 12.1 Å². The van der Waals surface area contributed by atoms with E-state index in [2.05, 4.69) is 0 Å². The second kappa shape index (κ2) is 5.25. The molecule has 1 aromatic carbocycles. The van der Waals surface area contributed by atoms with Gasteiger partial charge in [0.05, 0.1) is 0 Å². The lowest BCUT2D eigenvalue weighted by molar-refractivity contribution is -0.589. The Labute approximate surface area is 156 Å². The van der Waals surface area contributed by atoms with Crippen molar-refractivity contribution in [2.75, 3.05) is 0 Å². The molecule has 0 radical (unpaired) electrons. The molecule has 1 saturated heterocycles. The summed E-state index contributed by atoms with van der Waals surface area (Å²) in [6.07, 6.45) is 5.16. The summed E-state index contributed by atoms with van der Waals surface area (Å²) < 4.78 is 15.9. The molecule has 1 aliphatic heterocycles. The Morgan fingerprint density at radius 1 is 1.19 bits per heavy atom. The monoisotopic (exact) mass is 400 g/mol. The van der Waals surface area contributed by atoms with Crippen molar-refractivity contribution >= 4 is 19.4 Å². The van der Waals surface area contributed by atoms with Gasteiger partial charge in [0, 0.05) is 4.87 Å². The van der Waals surface area contributed by atoms with Gasteiger partial charge in [0.15, 0.2) is 5.60 Å². The molecule has 4 bridgehead atoms. The molecule has 3 unspecified atom stereocenters. The van der Waals surface area contributed by atoms with Crippen molar-refractivity contribution in [3.05, 3.63) is 29.8 Å². The fourth-order valence-electron chi connectivity index (χ4n) is 6.31. The Morgan fingerprint density at radius 2 is 1.88 bits per heavy atom. The average molecular weight is 401 g/mol. The maximum atomic E-state index is 11.2. The van der Waals surface area contributed by atoms with Crippen LogP contribution in [0.15, 0.2) is 24.3 Å². The minimum Gasteiger partial charge on any atom is -0.404 e. The molecule has 8 heteroatoms. The van der Waals surface area contributed by atoms with E-state index in [4.69, 9.17) is 35.7 Å². The van der Waals surface area contributed by atoms with Crippen LogP contribution >= 0.6 is 19.4 Å². The van der Waals surface area contributed by atoms with Crippen LogP contribution in [0.5, 0.6) is 5.75 Å². The normalized spacial score (nSPS) is 46.4. The van der Waals surface area contributed by atoms with Gasteiger partial charge in [-0.3, -0.25) is 9.79 Å². The van der Waals surface area contributed by atoms with Crippen molar-refractivity contribution in [3.63, 3.8) is 0 Å². The molecule has 6 nitrogen and oxygen atoms in total. The molecule has 1 spiro atoms. The molecule has 5 fully saturated rings. The Hall–Kier alpha value is -0.620. The number of rotatable bonds is 3. The van der Waals surface area contributed by atoms with Gasteiger partial charge >= 0.3 is 7.82 Å². The quantitative estimate of drug-likeness (QED) is 0.455. The molecular weight excluding hydrogens is 379 g/mol. The highest BCUT2D eigenvalue weighted by molar-refractivity contribution is 7.46. The summed E-state index contributed by atoms with van der Waals surface area (Å²) in [5.74, 6) is 1.45. The van der Waals surface area contributed by atoms with Crippen molar-refractivity contribution < 1.29 is 28.7 Å². The Kier molecular flexibility index (Phi) is 3.53. The zero-order valence-corrected chi connectivity index (χ0v) is 16.1. The predicted molar refractivity (Wildman–Crippen MR) is 93.5 cm³/mol. The highest BCUT2D eigenvalue weighted by atomic mass is 35.5. The topological polar surface area (TPSA) is 85.2 Å². The van der Waals surface area contributed by atoms with Crippen LogP contribution in [-0.2, 0) is 19.9 Å². The van der Waals surface area contributed by atoms with E-state index in [1.807, 2.05) is 13.0 Å². The standard InChI is InChI=1S/C18H22ClO6P/c1-16(12-3-2-4-15(7-12)23-26(20,21)22)18(25-24-16)13-5-11-6-14(18)10-17(19,8-11)9-13/h2-4,7,11,13-14H,5-6,8-10H2,1H3,(H2,20,21,22). The van der Waals surface area contributed by atoms with E-state index < -0.39 is 19.0 Å². The van der Waals surface area contributed by atoms with Crippen molar-refractivity contribution in [2.24, 2.45) is 17.8 Å². The van der Waals surface area contributed by atoms with Crippen LogP contribution in [0.3, 0.4) is 0 Å². The van der Waals surface area contributed by atoms with E-state index >= 15 is 0 Å². The fraction of sp³-hybridized carbons (Fsp3) is 0.667.